The first kappa shape index (κ1) is 15.1. The number of halogens is 2. The van der Waals surface area contributed by atoms with Gasteiger partial charge in [-0.15, -0.1) is 0 Å². The Balaban J connectivity index is 3.00. The molecule has 1 aromatic carbocycles. The van der Waals surface area contributed by atoms with Crippen LogP contribution in [0.1, 0.15) is 17.3 Å². The van der Waals surface area contributed by atoms with E-state index >= 15 is 0 Å². The van der Waals surface area contributed by atoms with Crippen LogP contribution in [0.3, 0.4) is 0 Å². The maximum Gasteiger partial charge on any atom is 0.337 e. The lowest BCUT2D eigenvalue weighted by Crippen LogP contribution is -2.28. The van der Waals surface area contributed by atoms with Crippen molar-refractivity contribution in [3.63, 3.8) is 0 Å². The van der Waals surface area contributed by atoms with Crippen LogP contribution in [0, 0.1) is 0 Å². The van der Waals surface area contributed by atoms with Gasteiger partial charge in [0.05, 0.1) is 17.8 Å². The number of anilines is 1. The lowest BCUT2D eigenvalue weighted by Gasteiger charge is -2.11. The Morgan fingerprint density at radius 2 is 2.00 bits per heavy atom. The summed E-state index contributed by atoms with van der Waals surface area (Å²) in [4.78, 5) is 22.7. The molecule has 0 fully saturated rings. The van der Waals surface area contributed by atoms with Crippen LogP contribution in [-0.4, -0.2) is 30.1 Å². The molecule has 7 heteroatoms. The highest BCUT2D eigenvalue weighted by Crippen LogP contribution is 2.30. The van der Waals surface area contributed by atoms with Gasteiger partial charge in [-0.05, 0) is 34.6 Å². The van der Waals surface area contributed by atoms with E-state index in [1.54, 1.807) is 6.07 Å². The van der Waals surface area contributed by atoms with Gasteiger partial charge in [-0.1, -0.05) is 22.9 Å². The highest BCUT2D eigenvalue weighted by molar-refractivity contribution is 9.11. The molecule has 3 N–H and O–H groups in total. The molecule has 1 amide bonds. The molecule has 0 aliphatic carbocycles. The second-order valence-electron chi connectivity index (χ2n) is 3.44. The second-order valence-corrected chi connectivity index (χ2v) is 5.21. The molecule has 18 heavy (non-hydrogen) atoms. The molecule has 0 saturated carbocycles. The Kier molecular flexibility index (Phi) is 5.77. The zero-order valence-corrected chi connectivity index (χ0v) is 12.8. The van der Waals surface area contributed by atoms with Crippen molar-refractivity contribution in [2.24, 2.45) is 0 Å². The number of carbonyl (C=O) groups excluding carboxylic acids is 1. The topological polar surface area (TPSA) is 78.4 Å². The van der Waals surface area contributed by atoms with Crippen LogP contribution in [0.2, 0.25) is 0 Å². The van der Waals surface area contributed by atoms with E-state index in [0.29, 0.717) is 15.5 Å². The largest absolute Gasteiger partial charge is 0.478 e. The molecule has 0 aliphatic rings. The Hall–Kier alpha value is -0.920. The predicted octanol–water partition coefficient (Wildman–Crippen LogP) is 2.46. The fraction of sp³-hybridized carbons (Fsp3) is 0.273. The summed E-state index contributed by atoms with van der Waals surface area (Å²) in [7, 11) is 0. The van der Waals surface area contributed by atoms with E-state index in [1.165, 1.54) is 6.07 Å². The van der Waals surface area contributed by atoms with Crippen LogP contribution < -0.4 is 10.6 Å². The first-order valence-electron chi connectivity index (χ1n) is 5.18. The standard InChI is InChI=1S/C11H12Br2N2O3/c1-2-14-5-9(16)15-10-7(11(17)18)3-6(12)4-8(10)13/h3-4,14H,2,5H2,1H3,(H,15,16)(H,17,18). The summed E-state index contributed by atoms with van der Waals surface area (Å²) in [5, 5.41) is 14.5. The molecule has 0 saturated heterocycles. The zero-order chi connectivity index (χ0) is 13.7. The molecule has 0 bridgehead atoms. The predicted molar refractivity (Wildman–Crippen MR) is 76.0 cm³/mol. The number of hydrogen-bond acceptors (Lipinski definition) is 3. The van der Waals surface area contributed by atoms with E-state index in [-0.39, 0.29) is 23.7 Å². The number of carboxylic acid groups (broad SMARTS) is 1. The molecule has 0 aromatic heterocycles. The summed E-state index contributed by atoms with van der Waals surface area (Å²) >= 11 is 6.44. The van der Waals surface area contributed by atoms with Gasteiger partial charge in [0.1, 0.15) is 0 Å². The van der Waals surface area contributed by atoms with E-state index in [9.17, 15) is 9.59 Å². The third-order valence-corrected chi connectivity index (χ3v) is 3.17. The number of carbonyl (C=O) groups is 2. The average Bonchev–Trinajstić information content (AvgIpc) is 2.29. The van der Waals surface area contributed by atoms with Gasteiger partial charge in [-0.25, -0.2) is 4.79 Å². The summed E-state index contributed by atoms with van der Waals surface area (Å²) in [5.74, 6) is -1.39. The summed E-state index contributed by atoms with van der Waals surface area (Å²) in [6.45, 7) is 2.68. The minimum absolute atomic E-state index is 0.0288. The average molecular weight is 380 g/mol. The van der Waals surface area contributed by atoms with Crippen molar-refractivity contribution in [3.05, 3.63) is 26.6 Å². The third kappa shape index (κ3) is 4.08. The molecule has 0 radical (unpaired) electrons. The highest BCUT2D eigenvalue weighted by Gasteiger charge is 2.16. The van der Waals surface area contributed by atoms with Crippen LogP contribution >= 0.6 is 31.9 Å². The first-order chi connectivity index (χ1) is 8.45. The lowest BCUT2D eigenvalue weighted by molar-refractivity contribution is -0.115. The van der Waals surface area contributed by atoms with Crippen LogP contribution in [0.25, 0.3) is 0 Å². The van der Waals surface area contributed by atoms with Crippen molar-refractivity contribution in [1.29, 1.82) is 0 Å². The van der Waals surface area contributed by atoms with Gasteiger partial charge < -0.3 is 15.7 Å². The Morgan fingerprint density at radius 3 is 2.56 bits per heavy atom. The lowest BCUT2D eigenvalue weighted by atomic mass is 10.2. The molecule has 0 atom stereocenters. The minimum atomic E-state index is -1.10. The molecule has 0 unspecified atom stereocenters. The minimum Gasteiger partial charge on any atom is -0.478 e. The van der Waals surface area contributed by atoms with Crippen molar-refractivity contribution in [1.82, 2.24) is 5.32 Å². The van der Waals surface area contributed by atoms with Crippen LogP contribution in [0.4, 0.5) is 5.69 Å². The van der Waals surface area contributed by atoms with Crippen molar-refractivity contribution in [2.75, 3.05) is 18.4 Å². The van der Waals surface area contributed by atoms with E-state index in [0.717, 1.165) is 0 Å². The van der Waals surface area contributed by atoms with Crippen molar-refractivity contribution in [3.8, 4) is 0 Å². The monoisotopic (exact) mass is 378 g/mol. The molecule has 5 nitrogen and oxygen atoms in total. The van der Waals surface area contributed by atoms with Gasteiger partial charge in [0, 0.05) is 8.95 Å². The van der Waals surface area contributed by atoms with E-state index in [2.05, 4.69) is 42.5 Å². The summed E-state index contributed by atoms with van der Waals surface area (Å²) < 4.78 is 1.13. The quantitative estimate of drug-likeness (QED) is 0.734. The SMILES string of the molecule is CCNCC(=O)Nc1c(Br)cc(Br)cc1C(=O)O. The molecule has 0 heterocycles. The van der Waals surface area contributed by atoms with Crippen molar-refractivity contribution in [2.45, 2.75) is 6.92 Å². The Bertz CT molecular complexity index is 478. The Labute approximate surface area is 121 Å². The maximum atomic E-state index is 11.6. The fourth-order valence-electron chi connectivity index (χ4n) is 1.29. The highest BCUT2D eigenvalue weighted by atomic mass is 79.9. The van der Waals surface area contributed by atoms with Gasteiger partial charge >= 0.3 is 5.97 Å². The van der Waals surface area contributed by atoms with Gasteiger partial charge in [-0.2, -0.15) is 0 Å². The smallest absolute Gasteiger partial charge is 0.337 e. The van der Waals surface area contributed by atoms with Gasteiger partial charge in [0.25, 0.3) is 0 Å². The Morgan fingerprint density at radius 1 is 1.33 bits per heavy atom. The molecule has 1 rings (SSSR count). The zero-order valence-electron chi connectivity index (χ0n) is 9.59. The maximum absolute atomic E-state index is 11.6. The van der Waals surface area contributed by atoms with Gasteiger partial charge in [0.15, 0.2) is 0 Å². The summed E-state index contributed by atoms with van der Waals surface area (Å²) in [6, 6.07) is 3.12. The number of aromatic carboxylic acids is 1. The van der Waals surface area contributed by atoms with Crippen LogP contribution in [0.5, 0.6) is 0 Å². The third-order valence-electron chi connectivity index (χ3n) is 2.09. The van der Waals surface area contributed by atoms with E-state index in [4.69, 9.17) is 5.11 Å². The molecular formula is C11H12Br2N2O3. The number of likely N-dealkylation sites (N-methyl/N-ethyl adjacent to an activating group) is 1. The van der Waals surface area contributed by atoms with Crippen LogP contribution in [-0.2, 0) is 4.79 Å². The molecule has 98 valence electrons. The molecule has 1 aromatic rings. The normalized spacial score (nSPS) is 10.2. The number of hydrogen-bond donors (Lipinski definition) is 3. The van der Waals surface area contributed by atoms with E-state index in [1.807, 2.05) is 6.92 Å². The van der Waals surface area contributed by atoms with Crippen LogP contribution in [0.15, 0.2) is 21.1 Å². The second kappa shape index (κ2) is 6.86. The summed E-state index contributed by atoms with van der Waals surface area (Å²) in [5.41, 5.74) is 0.287. The molecule has 0 aliphatic heterocycles. The number of nitrogens with one attached hydrogen (secondary N) is 2. The number of benzene rings is 1. The van der Waals surface area contributed by atoms with Gasteiger partial charge in [0.2, 0.25) is 5.91 Å². The number of rotatable bonds is 5. The van der Waals surface area contributed by atoms with Crippen molar-refractivity contribution < 1.29 is 14.7 Å². The van der Waals surface area contributed by atoms with E-state index < -0.39 is 5.97 Å². The summed E-state index contributed by atoms with van der Waals surface area (Å²) in [6.07, 6.45) is 0. The number of amides is 1. The molecular weight excluding hydrogens is 368 g/mol. The van der Waals surface area contributed by atoms with Gasteiger partial charge in [-0.3, -0.25) is 4.79 Å². The first-order valence-corrected chi connectivity index (χ1v) is 6.77. The molecule has 0 spiro atoms. The van der Waals surface area contributed by atoms with Crippen molar-refractivity contribution >= 4 is 49.4 Å². The fourth-order valence-corrected chi connectivity index (χ4v) is 2.62. The number of carboxylic acids is 1.